The number of anilines is 3. The van der Waals surface area contributed by atoms with Gasteiger partial charge in [-0.05, 0) is 43.7 Å². The van der Waals surface area contributed by atoms with Crippen molar-refractivity contribution in [3.63, 3.8) is 0 Å². The number of carbonyl (C=O) groups is 1. The van der Waals surface area contributed by atoms with E-state index in [1.54, 1.807) is 25.5 Å². The van der Waals surface area contributed by atoms with Gasteiger partial charge in [0.25, 0.3) is 0 Å². The van der Waals surface area contributed by atoms with Gasteiger partial charge in [0, 0.05) is 18.4 Å². The molecule has 1 amide bonds. The van der Waals surface area contributed by atoms with Gasteiger partial charge in [0.15, 0.2) is 6.61 Å². The minimum absolute atomic E-state index is 0.369. The number of carbonyl (C=O) groups excluding carboxylic acids is 1. The van der Waals surface area contributed by atoms with Gasteiger partial charge in [-0.25, -0.2) is 9.97 Å². The van der Waals surface area contributed by atoms with E-state index in [0.29, 0.717) is 31.3 Å². The third kappa shape index (κ3) is 7.86. The maximum atomic E-state index is 10.4. The molecule has 0 aliphatic heterocycles. The van der Waals surface area contributed by atoms with Crippen molar-refractivity contribution in [2.45, 2.75) is 20.4 Å². The topological polar surface area (TPSA) is 115 Å². The van der Waals surface area contributed by atoms with Gasteiger partial charge in [0.2, 0.25) is 12.3 Å². The lowest BCUT2D eigenvalue weighted by Gasteiger charge is -2.09. The highest BCUT2D eigenvalue weighted by Gasteiger charge is 1.99. The molecular weight excluding hydrogens is 380 g/mol. The number of pyridine rings is 1. The average Bonchev–Trinajstić information content (AvgIpc) is 2.76. The number of hydrogen-bond acceptors (Lipinski definition) is 7. The summed E-state index contributed by atoms with van der Waals surface area (Å²) < 4.78 is 5.15. The monoisotopic (exact) mass is 404 g/mol. The SMILES string of the molecule is CC#CCOc1cnc(C)cn1.Nc1ncccc1NCc1cccc(NC=O)c1. The number of aryl methyl sites for hydroxylation is 1. The van der Waals surface area contributed by atoms with Crippen LogP contribution in [0.25, 0.3) is 0 Å². The first-order valence-corrected chi connectivity index (χ1v) is 9.17. The molecule has 0 spiro atoms. The predicted molar refractivity (Wildman–Crippen MR) is 118 cm³/mol. The van der Waals surface area contributed by atoms with Gasteiger partial charge in [0.05, 0.1) is 23.8 Å². The van der Waals surface area contributed by atoms with Gasteiger partial charge in [0.1, 0.15) is 5.82 Å². The van der Waals surface area contributed by atoms with Crippen molar-refractivity contribution in [2.75, 3.05) is 23.0 Å². The Hall–Kier alpha value is -4.12. The summed E-state index contributed by atoms with van der Waals surface area (Å²) in [6.07, 6.45) is 5.56. The van der Waals surface area contributed by atoms with Crippen LogP contribution in [0.1, 0.15) is 18.2 Å². The average molecular weight is 404 g/mol. The van der Waals surface area contributed by atoms with Crippen molar-refractivity contribution in [1.82, 2.24) is 15.0 Å². The predicted octanol–water partition coefficient (Wildman–Crippen LogP) is 3.03. The molecule has 0 aliphatic carbocycles. The first kappa shape index (κ1) is 22.2. The zero-order chi connectivity index (χ0) is 21.6. The molecule has 0 saturated heterocycles. The van der Waals surface area contributed by atoms with E-state index < -0.39 is 0 Å². The second kappa shape index (κ2) is 12.4. The maximum absolute atomic E-state index is 10.4. The molecular formula is C22H24N6O2. The lowest BCUT2D eigenvalue weighted by atomic mass is 10.2. The number of hydrogen-bond donors (Lipinski definition) is 3. The van der Waals surface area contributed by atoms with Crippen LogP contribution in [0.4, 0.5) is 17.2 Å². The summed E-state index contributed by atoms with van der Waals surface area (Å²) in [5, 5.41) is 5.81. The van der Waals surface area contributed by atoms with Crippen LogP contribution in [0.3, 0.4) is 0 Å². The largest absolute Gasteiger partial charge is 0.463 e. The van der Waals surface area contributed by atoms with Crippen molar-refractivity contribution in [2.24, 2.45) is 0 Å². The second-order valence-electron chi connectivity index (χ2n) is 5.96. The Balaban J connectivity index is 0.000000232. The molecule has 0 saturated carbocycles. The van der Waals surface area contributed by atoms with Crippen LogP contribution < -0.4 is 21.1 Å². The molecule has 3 rings (SSSR count). The summed E-state index contributed by atoms with van der Waals surface area (Å²) in [6, 6.07) is 11.3. The first-order valence-electron chi connectivity index (χ1n) is 9.17. The van der Waals surface area contributed by atoms with E-state index >= 15 is 0 Å². The Morgan fingerprint density at radius 2 is 2.03 bits per heavy atom. The van der Waals surface area contributed by atoms with E-state index in [4.69, 9.17) is 10.5 Å². The summed E-state index contributed by atoms with van der Waals surface area (Å²) in [5.41, 5.74) is 9.22. The number of nitrogens with two attached hydrogens (primary N) is 1. The van der Waals surface area contributed by atoms with Crippen molar-refractivity contribution in [3.8, 4) is 17.7 Å². The van der Waals surface area contributed by atoms with E-state index in [9.17, 15) is 4.79 Å². The molecule has 0 fully saturated rings. The van der Waals surface area contributed by atoms with Crippen molar-refractivity contribution < 1.29 is 9.53 Å². The highest BCUT2D eigenvalue weighted by molar-refractivity contribution is 5.71. The minimum Gasteiger partial charge on any atom is -0.463 e. The van der Waals surface area contributed by atoms with Crippen LogP contribution in [-0.2, 0) is 11.3 Å². The molecule has 4 N–H and O–H groups in total. The molecule has 0 unspecified atom stereocenters. The maximum Gasteiger partial charge on any atom is 0.233 e. The number of aromatic nitrogens is 3. The van der Waals surface area contributed by atoms with Gasteiger partial charge in [-0.1, -0.05) is 18.1 Å². The van der Waals surface area contributed by atoms with Crippen LogP contribution in [0.15, 0.2) is 55.0 Å². The minimum atomic E-state index is 0.369. The van der Waals surface area contributed by atoms with E-state index in [1.165, 1.54) is 0 Å². The fraction of sp³-hybridized carbons (Fsp3) is 0.182. The Bertz CT molecular complexity index is 996. The lowest BCUT2D eigenvalue weighted by Crippen LogP contribution is -2.04. The standard InChI is InChI=1S/C13H14N4O.C9H10N2O/c14-13-12(5-2-6-15-13)16-8-10-3-1-4-11(7-10)17-9-18;1-3-4-5-12-9-7-10-8(2)6-11-9/h1-7,9,16H,8H2,(H2,14,15)(H,17,18);6-7H,5H2,1-2H3. The molecule has 0 aliphatic rings. The molecule has 2 heterocycles. The highest BCUT2D eigenvalue weighted by Crippen LogP contribution is 2.16. The summed E-state index contributed by atoms with van der Waals surface area (Å²) in [6.45, 7) is 4.63. The van der Waals surface area contributed by atoms with Crippen LogP contribution in [-0.4, -0.2) is 28.0 Å². The molecule has 0 bridgehead atoms. The van der Waals surface area contributed by atoms with Crippen LogP contribution in [0.5, 0.6) is 5.88 Å². The van der Waals surface area contributed by atoms with Gasteiger partial charge in [-0.15, -0.1) is 5.92 Å². The van der Waals surface area contributed by atoms with Crippen LogP contribution >= 0.6 is 0 Å². The first-order chi connectivity index (χ1) is 14.6. The number of rotatable bonds is 7. The number of nitrogens with one attached hydrogen (secondary N) is 2. The molecule has 2 aromatic heterocycles. The third-order valence-electron chi connectivity index (χ3n) is 3.70. The zero-order valence-corrected chi connectivity index (χ0v) is 16.9. The summed E-state index contributed by atoms with van der Waals surface area (Å²) >= 11 is 0. The molecule has 8 heteroatoms. The van der Waals surface area contributed by atoms with E-state index in [2.05, 4.69) is 37.4 Å². The smallest absolute Gasteiger partial charge is 0.233 e. The normalized spacial score (nSPS) is 9.27. The van der Waals surface area contributed by atoms with E-state index in [1.807, 2.05) is 43.3 Å². The van der Waals surface area contributed by atoms with Gasteiger partial charge in [-0.3, -0.25) is 9.78 Å². The van der Waals surface area contributed by atoms with Crippen LogP contribution in [0, 0.1) is 18.8 Å². The summed E-state index contributed by atoms with van der Waals surface area (Å²) in [4.78, 5) is 22.4. The Morgan fingerprint density at radius 1 is 1.17 bits per heavy atom. The molecule has 3 aromatic rings. The van der Waals surface area contributed by atoms with Crippen molar-refractivity contribution in [3.05, 3.63) is 66.2 Å². The van der Waals surface area contributed by atoms with Gasteiger partial charge in [-0.2, -0.15) is 0 Å². The quantitative estimate of drug-likeness (QED) is 0.409. The fourth-order valence-electron chi connectivity index (χ4n) is 2.24. The number of nitrogen functional groups attached to an aromatic ring is 1. The zero-order valence-electron chi connectivity index (χ0n) is 16.9. The van der Waals surface area contributed by atoms with Crippen LogP contribution in [0.2, 0.25) is 0 Å². The van der Waals surface area contributed by atoms with E-state index in [0.717, 1.165) is 22.6 Å². The molecule has 1 aromatic carbocycles. The fourth-order valence-corrected chi connectivity index (χ4v) is 2.24. The van der Waals surface area contributed by atoms with Gasteiger partial charge < -0.3 is 21.1 Å². The number of benzene rings is 1. The molecule has 0 atom stereocenters. The van der Waals surface area contributed by atoms with Gasteiger partial charge >= 0.3 is 0 Å². The summed E-state index contributed by atoms with van der Waals surface area (Å²) in [5.74, 6) is 6.49. The van der Waals surface area contributed by atoms with Crippen molar-refractivity contribution in [1.29, 1.82) is 0 Å². The Kier molecular flexibility index (Phi) is 9.14. The number of nitrogens with zero attached hydrogens (tertiary/aromatic N) is 3. The van der Waals surface area contributed by atoms with E-state index in [-0.39, 0.29) is 0 Å². The molecule has 0 radical (unpaired) electrons. The Morgan fingerprint density at radius 3 is 2.73 bits per heavy atom. The number of ether oxygens (including phenoxy) is 1. The highest BCUT2D eigenvalue weighted by atomic mass is 16.5. The lowest BCUT2D eigenvalue weighted by molar-refractivity contribution is -0.105. The molecule has 154 valence electrons. The second-order valence-corrected chi connectivity index (χ2v) is 5.96. The molecule has 8 nitrogen and oxygen atoms in total. The number of amides is 1. The summed E-state index contributed by atoms with van der Waals surface area (Å²) in [7, 11) is 0. The molecule has 30 heavy (non-hydrogen) atoms. The van der Waals surface area contributed by atoms with Crippen molar-refractivity contribution >= 4 is 23.6 Å². The Labute approximate surface area is 175 Å². The third-order valence-corrected chi connectivity index (χ3v) is 3.70.